The van der Waals surface area contributed by atoms with Gasteiger partial charge >= 0.3 is 11.9 Å². The van der Waals surface area contributed by atoms with E-state index in [1.54, 1.807) is 61.6 Å². The van der Waals surface area contributed by atoms with Crippen molar-refractivity contribution in [2.45, 2.75) is 46.6 Å². The summed E-state index contributed by atoms with van der Waals surface area (Å²) in [4.78, 5) is 55.4. The molecule has 7 aromatic rings. The number of rotatable bonds is 18. The maximum atomic E-state index is 14.1. The fourth-order valence-electron chi connectivity index (χ4n) is 6.66. The lowest BCUT2D eigenvalue weighted by Gasteiger charge is -2.07. The second kappa shape index (κ2) is 21.6. The maximum Gasteiger partial charge on any atom is 0.310 e. The molecule has 4 heterocycles. The number of carbonyl (C=O) groups is 4. The van der Waals surface area contributed by atoms with E-state index in [0.29, 0.717) is 43.5 Å². The molecule has 8 nitrogen and oxygen atoms in total. The third-order valence-corrected chi connectivity index (χ3v) is 15.6. The number of ketones is 2. The SMILES string of the molecule is CCOC(=O)Cc1c(C(=O)c2ccc(Br)cc2)sc(SCc2cccc(CSc3sc(C(=O)c4ccc(Br)cc4)c(CC(=O)OCC)c3-[n+]3ccccc3)c2)c1-[n+]1ccccc1. The molecular weight excluding hydrogens is 989 g/mol. The highest BCUT2D eigenvalue weighted by atomic mass is 79.9. The lowest BCUT2D eigenvalue weighted by atomic mass is 10.0. The number of carbonyl (C=O) groups excluding carboxylic acids is 4. The summed E-state index contributed by atoms with van der Waals surface area (Å²) in [7, 11) is 0. The zero-order valence-corrected chi connectivity index (χ0v) is 40.1. The van der Waals surface area contributed by atoms with Crippen LogP contribution in [0.3, 0.4) is 0 Å². The van der Waals surface area contributed by atoms with Gasteiger partial charge in [0.1, 0.15) is 8.42 Å². The third kappa shape index (κ3) is 11.1. The molecule has 4 aromatic heterocycles. The molecule has 0 aliphatic rings. The number of esters is 2. The van der Waals surface area contributed by atoms with Crippen molar-refractivity contribution < 1.29 is 37.8 Å². The van der Waals surface area contributed by atoms with Crippen molar-refractivity contribution >= 4 is 102 Å². The first-order valence-electron chi connectivity index (χ1n) is 19.6. The van der Waals surface area contributed by atoms with Crippen molar-refractivity contribution in [3.05, 3.63) is 186 Å². The summed E-state index contributed by atoms with van der Waals surface area (Å²) >= 11 is 13.0. The van der Waals surface area contributed by atoms with E-state index in [1.807, 2.05) is 101 Å². The summed E-state index contributed by atoms with van der Waals surface area (Å²) in [5, 5.41) is 0. The van der Waals surface area contributed by atoms with Crippen LogP contribution in [0.25, 0.3) is 11.4 Å². The standard InChI is InChI=1S/C48H40Br2N2O6S4/c1-3-57-39(53)27-37-41(51-22-7-5-8-23-51)47(61-45(37)43(55)33-14-18-35(49)19-15-33)59-29-31-12-11-13-32(26-31)30-60-48-42(52-24-9-6-10-25-52)38(28-40(54)58-4-2)46(62-48)44(56)34-16-20-36(50)21-17-34/h5-26H,3-4,27-30H2,1-2H3/q+2. The Morgan fingerprint density at radius 3 is 1.31 bits per heavy atom. The quantitative estimate of drug-likeness (QED) is 0.0363. The number of nitrogens with zero attached hydrogens (tertiary/aromatic N) is 2. The highest BCUT2D eigenvalue weighted by molar-refractivity contribution is 9.10. The van der Waals surface area contributed by atoms with Gasteiger partial charge in [-0.1, -0.05) is 68.3 Å². The van der Waals surface area contributed by atoms with Gasteiger partial charge in [-0.15, -0.1) is 46.2 Å². The summed E-state index contributed by atoms with van der Waals surface area (Å²) < 4.78 is 18.3. The molecule has 0 spiro atoms. The molecule has 0 saturated heterocycles. The fourth-order valence-corrected chi connectivity index (χ4v) is 12.2. The molecule has 0 amide bonds. The molecule has 0 fully saturated rings. The van der Waals surface area contributed by atoms with Gasteiger partial charge in [-0.05, 0) is 73.5 Å². The average molecular weight is 1030 g/mol. The van der Waals surface area contributed by atoms with Crippen molar-refractivity contribution in [2.24, 2.45) is 0 Å². The monoisotopic (exact) mass is 1030 g/mol. The molecule has 0 saturated carbocycles. The molecule has 314 valence electrons. The van der Waals surface area contributed by atoms with Crippen molar-refractivity contribution in [1.29, 1.82) is 0 Å². The Kier molecular flexibility index (Phi) is 15.8. The van der Waals surface area contributed by atoms with Gasteiger partial charge in [0.05, 0.1) is 46.9 Å². The summed E-state index contributed by atoms with van der Waals surface area (Å²) in [6, 6.07) is 34.4. The summed E-state index contributed by atoms with van der Waals surface area (Å²) in [6.07, 6.45) is 7.61. The Bertz CT molecular complexity index is 2520. The number of thioether (sulfide) groups is 2. The van der Waals surface area contributed by atoms with E-state index in [2.05, 4.69) is 50.1 Å². The van der Waals surface area contributed by atoms with Crippen LogP contribution >= 0.6 is 78.1 Å². The molecule has 0 atom stereocenters. The third-order valence-electron chi connectivity index (χ3n) is 9.45. The smallest absolute Gasteiger partial charge is 0.310 e. The molecule has 0 radical (unpaired) electrons. The van der Waals surface area contributed by atoms with E-state index in [0.717, 1.165) is 39.9 Å². The average Bonchev–Trinajstić information content (AvgIpc) is 3.83. The molecular formula is C48H40Br2N2O6S4+2. The summed E-state index contributed by atoms with van der Waals surface area (Å²) in [5.74, 6) is 0.102. The van der Waals surface area contributed by atoms with Crippen molar-refractivity contribution in [3.8, 4) is 11.4 Å². The molecule has 3 aromatic carbocycles. The highest BCUT2D eigenvalue weighted by Crippen LogP contribution is 2.42. The lowest BCUT2D eigenvalue weighted by Crippen LogP contribution is -2.31. The number of hydrogen-bond donors (Lipinski definition) is 0. The van der Waals surface area contributed by atoms with E-state index in [4.69, 9.17) is 9.47 Å². The minimum Gasteiger partial charge on any atom is -0.466 e. The van der Waals surface area contributed by atoms with Crippen molar-refractivity contribution in [1.82, 2.24) is 0 Å². The van der Waals surface area contributed by atoms with Crippen LogP contribution in [0.4, 0.5) is 0 Å². The van der Waals surface area contributed by atoms with E-state index < -0.39 is 11.9 Å². The Hall–Kier alpha value is -4.70. The molecule has 0 bridgehead atoms. The number of hydrogen-bond acceptors (Lipinski definition) is 10. The van der Waals surface area contributed by atoms with Crippen LogP contribution in [0.1, 0.15) is 66.6 Å². The van der Waals surface area contributed by atoms with E-state index >= 15 is 0 Å². The first-order chi connectivity index (χ1) is 30.1. The van der Waals surface area contributed by atoms with E-state index in [-0.39, 0.29) is 37.6 Å². The molecule has 0 aliphatic carbocycles. The van der Waals surface area contributed by atoms with Gasteiger partial charge in [-0.25, -0.2) is 0 Å². The molecule has 14 heteroatoms. The van der Waals surface area contributed by atoms with Gasteiger partial charge in [0.25, 0.3) is 0 Å². The van der Waals surface area contributed by atoms with Crippen molar-refractivity contribution in [2.75, 3.05) is 13.2 Å². The van der Waals surface area contributed by atoms with Crippen LogP contribution in [0, 0.1) is 0 Å². The maximum absolute atomic E-state index is 14.1. The number of halogens is 2. The van der Waals surface area contributed by atoms with Crippen LogP contribution in [-0.2, 0) is 43.4 Å². The van der Waals surface area contributed by atoms with Gasteiger partial charge in [0, 0.05) is 55.8 Å². The molecule has 62 heavy (non-hydrogen) atoms. The largest absolute Gasteiger partial charge is 0.466 e. The normalized spacial score (nSPS) is 11.0. The minimum atomic E-state index is -0.396. The van der Waals surface area contributed by atoms with Crippen LogP contribution < -0.4 is 9.13 Å². The Labute approximate surface area is 393 Å². The Morgan fingerprint density at radius 1 is 0.548 bits per heavy atom. The molecule has 0 unspecified atom stereocenters. The predicted octanol–water partition coefficient (Wildman–Crippen LogP) is 11.1. The number of pyridine rings is 2. The van der Waals surface area contributed by atoms with Crippen LogP contribution in [0.15, 0.2) is 151 Å². The van der Waals surface area contributed by atoms with Crippen LogP contribution in [0.5, 0.6) is 0 Å². The topological polar surface area (TPSA) is 94.5 Å². The molecule has 0 N–H and O–H groups in total. The fraction of sp³-hybridized carbons (Fsp3) is 0.167. The Morgan fingerprint density at radius 2 is 0.935 bits per heavy atom. The number of aromatic nitrogens is 2. The van der Waals surface area contributed by atoms with Gasteiger partial charge in [-0.3, -0.25) is 19.2 Å². The predicted molar refractivity (Wildman–Crippen MR) is 253 cm³/mol. The molecule has 7 rings (SSSR count). The summed E-state index contributed by atoms with van der Waals surface area (Å²) in [6.45, 7) is 4.02. The summed E-state index contributed by atoms with van der Waals surface area (Å²) in [5.41, 5.74) is 6.06. The van der Waals surface area contributed by atoms with Gasteiger partial charge in [0.2, 0.25) is 22.9 Å². The zero-order chi connectivity index (χ0) is 43.6. The number of thiophene rings is 2. The molecule has 0 aliphatic heterocycles. The zero-order valence-electron chi connectivity index (χ0n) is 33.7. The first-order valence-corrected chi connectivity index (χ1v) is 24.8. The second-order valence-electron chi connectivity index (χ2n) is 13.7. The van der Waals surface area contributed by atoms with Crippen LogP contribution in [-0.4, -0.2) is 36.7 Å². The second-order valence-corrected chi connectivity index (χ2v) is 20.1. The Balaban J connectivity index is 1.20. The van der Waals surface area contributed by atoms with Gasteiger partial charge in [-0.2, -0.15) is 9.13 Å². The van der Waals surface area contributed by atoms with Crippen LogP contribution in [0.2, 0.25) is 0 Å². The number of benzene rings is 3. The van der Waals surface area contributed by atoms with E-state index in [9.17, 15) is 19.2 Å². The lowest BCUT2D eigenvalue weighted by molar-refractivity contribution is -0.598. The minimum absolute atomic E-state index is 0.0453. The van der Waals surface area contributed by atoms with Gasteiger partial charge in [0.15, 0.2) is 24.8 Å². The van der Waals surface area contributed by atoms with E-state index in [1.165, 1.54) is 22.7 Å². The number of ether oxygens (including phenoxy) is 2. The van der Waals surface area contributed by atoms with Crippen molar-refractivity contribution in [3.63, 3.8) is 0 Å². The highest BCUT2D eigenvalue weighted by Gasteiger charge is 2.33. The van der Waals surface area contributed by atoms with Gasteiger partial charge < -0.3 is 9.47 Å². The first kappa shape index (κ1) is 45.3.